The van der Waals surface area contributed by atoms with E-state index in [1.807, 2.05) is 34.9 Å². The molecule has 6 nitrogen and oxygen atoms in total. The van der Waals surface area contributed by atoms with Gasteiger partial charge in [-0.05, 0) is 42.5 Å². The molecule has 4 rings (SSSR count). The summed E-state index contributed by atoms with van der Waals surface area (Å²) >= 11 is 0. The van der Waals surface area contributed by atoms with Crippen molar-refractivity contribution in [2.45, 2.75) is 13.1 Å². The molecule has 0 aliphatic carbocycles. The Labute approximate surface area is 166 Å². The third-order valence-electron chi connectivity index (χ3n) is 4.72. The molecule has 0 bridgehead atoms. The summed E-state index contributed by atoms with van der Waals surface area (Å²) in [5, 5.41) is 12.0. The smallest absolute Gasteiger partial charge is 0.274 e. The monoisotopic (exact) mass is 390 g/mol. The molecule has 3 aromatic carbocycles. The highest BCUT2D eigenvalue weighted by atomic mass is 19.1. The lowest BCUT2D eigenvalue weighted by Crippen LogP contribution is -2.18. The average Bonchev–Trinajstić information content (AvgIpc) is 3.11. The van der Waals surface area contributed by atoms with Gasteiger partial charge >= 0.3 is 0 Å². The van der Waals surface area contributed by atoms with Crippen molar-refractivity contribution < 1.29 is 14.4 Å². The SMILES string of the molecule is O=C(NO)c1ccc(NCc2nc3ccccc3n2Cc2ccccc2F)cc1. The predicted octanol–water partition coefficient (Wildman–Crippen LogP) is 3.95. The number of nitrogens with one attached hydrogen (secondary N) is 2. The summed E-state index contributed by atoms with van der Waals surface area (Å²) in [6.07, 6.45) is 0. The van der Waals surface area contributed by atoms with E-state index < -0.39 is 5.91 Å². The Kier molecular flexibility index (Phi) is 5.22. The van der Waals surface area contributed by atoms with Gasteiger partial charge in [-0.15, -0.1) is 0 Å². The van der Waals surface area contributed by atoms with Gasteiger partial charge in [0.1, 0.15) is 11.6 Å². The molecule has 0 atom stereocenters. The van der Waals surface area contributed by atoms with Crippen LogP contribution in [0.1, 0.15) is 21.7 Å². The van der Waals surface area contributed by atoms with Crippen LogP contribution >= 0.6 is 0 Å². The molecule has 29 heavy (non-hydrogen) atoms. The fraction of sp³-hybridized carbons (Fsp3) is 0.0909. The molecule has 146 valence electrons. The Hall–Kier alpha value is -3.71. The van der Waals surface area contributed by atoms with Gasteiger partial charge in [-0.2, -0.15) is 0 Å². The normalized spacial score (nSPS) is 10.8. The van der Waals surface area contributed by atoms with E-state index in [-0.39, 0.29) is 5.82 Å². The van der Waals surface area contributed by atoms with Crippen LogP contribution in [-0.2, 0) is 13.1 Å². The lowest BCUT2D eigenvalue weighted by atomic mass is 10.2. The fourth-order valence-corrected chi connectivity index (χ4v) is 3.22. The third kappa shape index (κ3) is 3.95. The number of fused-ring (bicyclic) bond motifs is 1. The molecule has 3 N–H and O–H groups in total. The summed E-state index contributed by atoms with van der Waals surface area (Å²) in [6.45, 7) is 0.800. The number of amides is 1. The molecule has 0 saturated carbocycles. The Balaban J connectivity index is 1.60. The molecular weight excluding hydrogens is 371 g/mol. The van der Waals surface area contributed by atoms with Crippen LogP contribution in [-0.4, -0.2) is 20.7 Å². The zero-order valence-electron chi connectivity index (χ0n) is 15.5. The van der Waals surface area contributed by atoms with Gasteiger partial charge < -0.3 is 9.88 Å². The minimum atomic E-state index is -0.566. The van der Waals surface area contributed by atoms with Gasteiger partial charge in [0, 0.05) is 16.8 Å². The lowest BCUT2D eigenvalue weighted by Gasteiger charge is -2.12. The second-order valence-electron chi connectivity index (χ2n) is 6.57. The average molecular weight is 390 g/mol. The van der Waals surface area contributed by atoms with E-state index in [1.165, 1.54) is 6.07 Å². The summed E-state index contributed by atoms with van der Waals surface area (Å²) < 4.78 is 16.2. The fourth-order valence-electron chi connectivity index (χ4n) is 3.22. The van der Waals surface area contributed by atoms with E-state index in [1.54, 1.807) is 41.9 Å². The van der Waals surface area contributed by atoms with E-state index in [4.69, 9.17) is 10.2 Å². The molecule has 7 heteroatoms. The van der Waals surface area contributed by atoms with Crippen molar-refractivity contribution in [3.05, 3.63) is 95.6 Å². The lowest BCUT2D eigenvalue weighted by molar-refractivity contribution is 0.0706. The van der Waals surface area contributed by atoms with Crippen molar-refractivity contribution in [2.75, 3.05) is 5.32 Å². The summed E-state index contributed by atoms with van der Waals surface area (Å²) in [5.41, 5.74) is 5.12. The maximum atomic E-state index is 14.2. The highest BCUT2D eigenvalue weighted by Crippen LogP contribution is 2.20. The Morgan fingerprint density at radius 3 is 2.48 bits per heavy atom. The van der Waals surface area contributed by atoms with Gasteiger partial charge in [0.2, 0.25) is 0 Å². The summed E-state index contributed by atoms with van der Waals surface area (Å²) in [5.74, 6) is -0.0446. The Bertz CT molecular complexity index is 1160. The van der Waals surface area contributed by atoms with E-state index >= 15 is 0 Å². The molecule has 1 amide bonds. The van der Waals surface area contributed by atoms with Crippen LogP contribution < -0.4 is 10.8 Å². The number of halogens is 1. The zero-order chi connectivity index (χ0) is 20.2. The zero-order valence-corrected chi connectivity index (χ0v) is 15.5. The van der Waals surface area contributed by atoms with E-state index in [0.717, 1.165) is 22.5 Å². The molecule has 1 aromatic heterocycles. The van der Waals surface area contributed by atoms with Crippen molar-refractivity contribution >= 4 is 22.6 Å². The quantitative estimate of drug-likeness (QED) is 0.344. The molecule has 0 radical (unpaired) electrons. The Morgan fingerprint density at radius 1 is 1.00 bits per heavy atom. The first-order valence-corrected chi connectivity index (χ1v) is 9.11. The molecule has 0 spiro atoms. The number of para-hydroxylation sites is 2. The topological polar surface area (TPSA) is 79.2 Å². The van der Waals surface area contributed by atoms with Gasteiger partial charge in [0.05, 0.1) is 24.1 Å². The number of rotatable bonds is 6. The molecule has 0 aliphatic rings. The summed E-state index contributed by atoms with van der Waals surface area (Å²) in [6, 6.07) is 21.2. The van der Waals surface area contributed by atoms with Crippen LogP contribution in [0.3, 0.4) is 0 Å². The number of hydrogen-bond acceptors (Lipinski definition) is 4. The van der Waals surface area contributed by atoms with Crippen molar-refractivity contribution in [3.8, 4) is 0 Å². The third-order valence-corrected chi connectivity index (χ3v) is 4.72. The number of hydroxylamine groups is 1. The van der Waals surface area contributed by atoms with Crippen LogP contribution in [0.15, 0.2) is 72.8 Å². The van der Waals surface area contributed by atoms with Crippen molar-refractivity contribution in [1.29, 1.82) is 0 Å². The first-order valence-electron chi connectivity index (χ1n) is 9.11. The summed E-state index contributed by atoms with van der Waals surface area (Å²) in [4.78, 5) is 16.1. The minimum absolute atomic E-state index is 0.248. The van der Waals surface area contributed by atoms with E-state index in [0.29, 0.717) is 24.2 Å². The molecule has 0 unspecified atom stereocenters. The minimum Gasteiger partial charge on any atom is -0.378 e. The molecule has 0 fully saturated rings. The number of carbonyl (C=O) groups excluding carboxylic acids is 1. The maximum absolute atomic E-state index is 14.2. The number of carbonyl (C=O) groups is 1. The van der Waals surface area contributed by atoms with Gasteiger partial charge in [-0.25, -0.2) is 14.9 Å². The van der Waals surface area contributed by atoms with Gasteiger partial charge in [-0.3, -0.25) is 10.0 Å². The molecule has 4 aromatic rings. The second-order valence-corrected chi connectivity index (χ2v) is 6.57. The number of imidazole rings is 1. The number of benzene rings is 3. The molecule has 0 saturated heterocycles. The van der Waals surface area contributed by atoms with Gasteiger partial charge in [0.25, 0.3) is 5.91 Å². The number of hydrogen-bond donors (Lipinski definition) is 3. The standard InChI is InChI=1S/C22H19FN4O2/c23-18-6-2-1-5-16(18)14-27-20-8-4-3-7-19(20)25-21(27)13-24-17-11-9-15(10-12-17)22(28)26-29/h1-12,24,29H,13-14H2,(H,26,28). The van der Waals surface area contributed by atoms with Crippen molar-refractivity contribution in [2.24, 2.45) is 0 Å². The number of anilines is 1. The van der Waals surface area contributed by atoms with Crippen molar-refractivity contribution in [3.63, 3.8) is 0 Å². The first kappa shape index (κ1) is 18.6. The predicted molar refractivity (Wildman–Crippen MR) is 108 cm³/mol. The number of aromatic nitrogens is 2. The van der Waals surface area contributed by atoms with Crippen LogP contribution in [0, 0.1) is 5.82 Å². The Morgan fingerprint density at radius 2 is 1.72 bits per heavy atom. The highest BCUT2D eigenvalue weighted by molar-refractivity contribution is 5.93. The second kappa shape index (κ2) is 8.12. The molecule has 1 heterocycles. The highest BCUT2D eigenvalue weighted by Gasteiger charge is 2.13. The first-order chi connectivity index (χ1) is 14.2. The van der Waals surface area contributed by atoms with E-state index in [2.05, 4.69) is 5.32 Å². The summed E-state index contributed by atoms with van der Waals surface area (Å²) in [7, 11) is 0. The molecule has 0 aliphatic heterocycles. The largest absolute Gasteiger partial charge is 0.378 e. The van der Waals surface area contributed by atoms with Gasteiger partial charge in [0.15, 0.2) is 0 Å². The van der Waals surface area contributed by atoms with Crippen LogP contribution in [0.2, 0.25) is 0 Å². The van der Waals surface area contributed by atoms with Crippen molar-refractivity contribution in [1.82, 2.24) is 15.0 Å². The maximum Gasteiger partial charge on any atom is 0.274 e. The molecular formula is C22H19FN4O2. The van der Waals surface area contributed by atoms with Gasteiger partial charge in [-0.1, -0.05) is 30.3 Å². The van der Waals surface area contributed by atoms with E-state index in [9.17, 15) is 9.18 Å². The number of nitrogens with zero attached hydrogens (tertiary/aromatic N) is 2. The van der Waals surface area contributed by atoms with Crippen LogP contribution in [0.4, 0.5) is 10.1 Å². The van der Waals surface area contributed by atoms with Crippen LogP contribution in [0.25, 0.3) is 11.0 Å². The van der Waals surface area contributed by atoms with Crippen LogP contribution in [0.5, 0.6) is 0 Å².